The van der Waals surface area contributed by atoms with E-state index in [4.69, 9.17) is 0 Å². The van der Waals surface area contributed by atoms with Crippen molar-refractivity contribution in [3.05, 3.63) is 21.4 Å². The minimum Gasteiger partial charge on any atom is -0.312 e. The van der Waals surface area contributed by atoms with Crippen LogP contribution in [-0.4, -0.2) is 7.05 Å². The van der Waals surface area contributed by atoms with Crippen LogP contribution in [0, 0.1) is 25.7 Å². The number of hydrogen-bond donors (Lipinski definition) is 1. The molecule has 0 radical (unpaired) electrons. The maximum atomic E-state index is 3.30. The molecule has 14 heavy (non-hydrogen) atoms. The van der Waals surface area contributed by atoms with E-state index in [0.717, 1.165) is 6.42 Å². The SMILES string of the molecule is CC#CCC(NC)c1cc(C)c(C)s1. The predicted molar refractivity (Wildman–Crippen MR) is 63.7 cm³/mol. The summed E-state index contributed by atoms with van der Waals surface area (Å²) >= 11 is 1.87. The Morgan fingerprint density at radius 2 is 2.21 bits per heavy atom. The molecule has 0 spiro atoms. The lowest BCUT2D eigenvalue weighted by molar-refractivity contribution is 0.622. The summed E-state index contributed by atoms with van der Waals surface area (Å²) < 4.78 is 0. The van der Waals surface area contributed by atoms with Gasteiger partial charge in [-0.15, -0.1) is 23.2 Å². The van der Waals surface area contributed by atoms with Crippen molar-refractivity contribution >= 4 is 11.3 Å². The second kappa shape index (κ2) is 5.19. The summed E-state index contributed by atoms with van der Waals surface area (Å²) in [5, 5.41) is 3.30. The summed E-state index contributed by atoms with van der Waals surface area (Å²) in [4.78, 5) is 2.80. The van der Waals surface area contributed by atoms with Crippen LogP contribution in [0.3, 0.4) is 0 Å². The van der Waals surface area contributed by atoms with Crippen LogP contribution in [-0.2, 0) is 0 Å². The molecule has 0 fully saturated rings. The van der Waals surface area contributed by atoms with E-state index in [2.05, 4.69) is 37.1 Å². The first kappa shape index (κ1) is 11.3. The van der Waals surface area contributed by atoms with Crippen molar-refractivity contribution in [1.29, 1.82) is 0 Å². The Kier molecular flexibility index (Phi) is 4.19. The first-order valence-electron chi connectivity index (χ1n) is 4.82. The maximum Gasteiger partial charge on any atom is 0.0523 e. The minimum absolute atomic E-state index is 0.389. The smallest absolute Gasteiger partial charge is 0.0523 e. The van der Waals surface area contributed by atoms with Crippen molar-refractivity contribution < 1.29 is 0 Å². The van der Waals surface area contributed by atoms with Crippen molar-refractivity contribution in [1.82, 2.24) is 5.32 Å². The quantitative estimate of drug-likeness (QED) is 0.751. The lowest BCUT2D eigenvalue weighted by Crippen LogP contribution is -2.14. The molecule has 0 aromatic carbocycles. The topological polar surface area (TPSA) is 12.0 Å². The summed E-state index contributed by atoms with van der Waals surface area (Å²) in [6, 6.07) is 2.65. The Hall–Kier alpha value is -0.780. The third kappa shape index (κ3) is 2.60. The molecule has 0 saturated heterocycles. The molecule has 0 amide bonds. The van der Waals surface area contributed by atoms with Crippen LogP contribution in [0.25, 0.3) is 0 Å². The molecule has 76 valence electrons. The molecule has 1 nitrogen and oxygen atoms in total. The van der Waals surface area contributed by atoms with Crippen LogP contribution in [0.5, 0.6) is 0 Å². The number of thiophene rings is 1. The van der Waals surface area contributed by atoms with E-state index < -0.39 is 0 Å². The van der Waals surface area contributed by atoms with E-state index in [0.29, 0.717) is 6.04 Å². The van der Waals surface area contributed by atoms with Crippen molar-refractivity contribution in [2.24, 2.45) is 0 Å². The molecule has 1 atom stereocenters. The van der Waals surface area contributed by atoms with Gasteiger partial charge in [0.2, 0.25) is 0 Å². The Morgan fingerprint density at radius 1 is 1.50 bits per heavy atom. The molecule has 1 aromatic rings. The van der Waals surface area contributed by atoms with Gasteiger partial charge in [0.15, 0.2) is 0 Å². The monoisotopic (exact) mass is 207 g/mol. The predicted octanol–water partition coefficient (Wildman–Crippen LogP) is 3.04. The van der Waals surface area contributed by atoms with E-state index in [9.17, 15) is 0 Å². The van der Waals surface area contributed by atoms with Crippen molar-refractivity contribution in [2.45, 2.75) is 33.2 Å². The fourth-order valence-electron chi connectivity index (χ4n) is 1.32. The molecular formula is C12H17NS. The molecule has 1 unspecified atom stereocenters. The van der Waals surface area contributed by atoms with Gasteiger partial charge in [0.05, 0.1) is 6.04 Å². The van der Waals surface area contributed by atoms with Gasteiger partial charge in [0, 0.05) is 16.2 Å². The number of hydrogen-bond acceptors (Lipinski definition) is 2. The first-order chi connectivity index (χ1) is 6.69. The minimum atomic E-state index is 0.389. The lowest BCUT2D eigenvalue weighted by Gasteiger charge is -2.10. The molecule has 1 N–H and O–H groups in total. The summed E-state index contributed by atoms with van der Waals surface area (Å²) in [7, 11) is 1.99. The van der Waals surface area contributed by atoms with Gasteiger partial charge in [-0.1, -0.05) is 0 Å². The molecule has 1 heterocycles. The van der Waals surface area contributed by atoms with Crippen molar-refractivity contribution in [3.63, 3.8) is 0 Å². The zero-order chi connectivity index (χ0) is 10.6. The molecule has 0 aliphatic carbocycles. The van der Waals surface area contributed by atoms with Gasteiger partial charge in [0.1, 0.15) is 0 Å². The third-order valence-corrected chi connectivity index (χ3v) is 3.63. The van der Waals surface area contributed by atoms with E-state index in [1.165, 1.54) is 15.3 Å². The van der Waals surface area contributed by atoms with Crippen LogP contribution in [0.4, 0.5) is 0 Å². The standard InChI is InChI=1S/C12H17NS/c1-5-6-7-11(13-4)12-8-9(2)10(3)14-12/h8,11,13H,7H2,1-4H3. The Labute approximate surface area is 90.5 Å². The van der Waals surface area contributed by atoms with Crippen LogP contribution in [0.1, 0.15) is 34.7 Å². The average molecular weight is 207 g/mol. The van der Waals surface area contributed by atoms with Gasteiger partial charge in [-0.3, -0.25) is 0 Å². The molecule has 0 aliphatic heterocycles. The zero-order valence-corrected chi connectivity index (χ0v) is 10.1. The highest BCUT2D eigenvalue weighted by molar-refractivity contribution is 7.12. The molecule has 1 aromatic heterocycles. The van der Waals surface area contributed by atoms with Crippen LogP contribution in [0.2, 0.25) is 0 Å². The third-order valence-electron chi connectivity index (χ3n) is 2.36. The summed E-state index contributed by atoms with van der Waals surface area (Å²) in [6.07, 6.45) is 0.895. The normalized spacial score (nSPS) is 12.0. The van der Waals surface area contributed by atoms with Gasteiger partial charge in [-0.25, -0.2) is 0 Å². The summed E-state index contributed by atoms with van der Waals surface area (Å²) in [5.41, 5.74) is 1.38. The second-order valence-electron chi connectivity index (χ2n) is 3.36. The fraction of sp³-hybridized carbons (Fsp3) is 0.500. The molecule has 0 aliphatic rings. The molecule has 2 heteroatoms. The molecule has 1 rings (SSSR count). The number of rotatable bonds is 3. The number of nitrogens with one attached hydrogen (secondary N) is 1. The van der Waals surface area contributed by atoms with Crippen molar-refractivity contribution in [2.75, 3.05) is 7.05 Å². The highest BCUT2D eigenvalue weighted by Gasteiger charge is 2.11. The Balaban J connectivity index is 2.81. The van der Waals surface area contributed by atoms with Gasteiger partial charge < -0.3 is 5.32 Å². The summed E-state index contributed by atoms with van der Waals surface area (Å²) in [5.74, 6) is 6.06. The van der Waals surface area contributed by atoms with Gasteiger partial charge >= 0.3 is 0 Å². The first-order valence-corrected chi connectivity index (χ1v) is 5.64. The molecule has 0 saturated carbocycles. The van der Waals surface area contributed by atoms with E-state index in [1.54, 1.807) is 0 Å². The van der Waals surface area contributed by atoms with Crippen LogP contribution >= 0.6 is 11.3 Å². The van der Waals surface area contributed by atoms with Crippen molar-refractivity contribution in [3.8, 4) is 11.8 Å². The molecular weight excluding hydrogens is 190 g/mol. The number of aryl methyl sites for hydroxylation is 2. The van der Waals surface area contributed by atoms with E-state index >= 15 is 0 Å². The Bertz CT molecular complexity index is 335. The summed E-state index contributed by atoms with van der Waals surface area (Å²) in [6.45, 7) is 6.22. The lowest BCUT2D eigenvalue weighted by atomic mass is 10.1. The zero-order valence-electron chi connectivity index (χ0n) is 9.27. The second-order valence-corrected chi connectivity index (χ2v) is 4.65. The van der Waals surface area contributed by atoms with Crippen LogP contribution in [0.15, 0.2) is 6.07 Å². The Morgan fingerprint density at radius 3 is 2.64 bits per heavy atom. The van der Waals surface area contributed by atoms with Gasteiger partial charge in [-0.2, -0.15) is 0 Å². The van der Waals surface area contributed by atoms with Crippen LogP contribution < -0.4 is 5.32 Å². The molecule has 0 bridgehead atoms. The largest absolute Gasteiger partial charge is 0.312 e. The van der Waals surface area contributed by atoms with E-state index in [1.807, 2.05) is 25.3 Å². The van der Waals surface area contributed by atoms with Gasteiger partial charge in [-0.05, 0) is 39.4 Å². The van der Waals surface area contributed by atoms with E-state index in [-0.39, 0.29) is 0 Å². The maximum absolute atomic E-state index is 3.30. The average Bonchev–Trinajstić information content (AvgIpc) is 2.48. The highest BCUT2D eigenvalue weighted by atomic mass is 32.1. The van der Waals surface area contributed by atoms with Gasteiger partial charge in [0.25, 0.3) is 0 Å². The highest BCUT2D eigenvalue weighted by Crippen LogP contribution is 2.27. The fourth-order valence-corrected chi connectivity index (χ4v) is 2.48.